The van der Waals surface area contributed by atoms with Gasteiger partial charge in [-0.15, -0.1) is 0 Å². The first-order valence-corrected chi connectivity index (χ1v) is 8.85. The third-order valence-corrected chi connectivity index (χ3v) is 5.51. The normalized spacial score (nSPS) is 30.8. The number of aromatic nitrogens is 1. The smallest absolute Gasteiger partial charge is 0.250 e. The molecule has 0 spiro atoms. The fourth-order valence-corrected chi connectivity index (χ4v) is 4.17. The Balaban J connectivity index is 1.52. The molecule has 7 nitrogen and oxygen atoms in total. The van der Waals surface area contributed by atoms with Crippen molar-refractivity contribution in [2.75, 3.05) is 26.3 Å². The van der Waals surface area contributed by atoms with E-state index >= 15 is 0 Å². The monoisotopic (exact) mass is 335 g/mol. The Morgan fingerprint density at radius 1 is 1.33 bits per heavy atom. The van der Waals surface area contributed by atoms with E-state index in [0.717, 1.165) is 56.0 Å². The molecule has 4 rings (SSSR count). The van der Waals surface area contributed by atoms with Crippen LogP contribution in [0.1, 0.15) is 36.3 Å². The number of ether oxygens (including phenoxy) is 1. The number of hydrogen-bond donors (Lipinski definition) is 0. The van der Waals surface area contributed by atoms with Gasteiger partial charge in [-0.3, -0.25) is 14.5 Å². The Bertz CT molecular complexity index is 591. The van der Waals surface area contributed by atoms with Crippen molar-refractivity contribution < 1.29 is 18.9 Å². The van der Waals surface area contributed by atoms with E-state index in [4.69, 9.17) is 14.1 Å². The average Bonchev–Trinajstić information content (AvgIpc) is 3.31. The van der Waals surface area contributed by atoms with Gasteiger partial charge in [0, 0.05) is 31.3 Å². The second kappa shape index (κ2) is 6.46. The molecule has 3 saturated heterocycles. The summed E-state index contributed by atoms with van der Waals surface area (Å²) < 4.78 is 11.2. The minimum Gasteiger partial charge on any atom is -0.377 e. The van der Waals surface area contributed by atoms with E-state index in [1.807, 2.05) is 13.8 Å². The van der Waals surface area contributed by atoms with Crippen LogP contribution in [0.2, 0.25) is 0 Å². The maximum absolute atomic E-state index is 12.8. The summed E-state index contributed by atoms with van der Waals surface area (Å²) >= 11 is 0. The molecule has 0 saturated carbocycles. The number of piperidine rings is 1. The van der Waals surface area contributed by atoms with Gasteiger partial charge in [-0.1, -0.05) is 5.16 Å². The van der Waals surface area contributed by atoms with Crippen molar-refractivity contribution >= 4 is 5.91 Å². The Morgan fingerprint density at radius 2 is 2.21 bits per heavy atom. The third kappa shape index (κ3) is 2.85. The van der Waals surface area contributed by atoms with Crippen LogP contribution in [0, 0.1) is 19.8 Å². The summed E-state index contributed by atoms with van der Waals surface area (Å²) in [5.74, 6) is 0.896. The van der Waals surface area contributed by atoms with Crippen molar-refractivity contribution in [2.45, 2.75) is 51.8 Å². The van der Waals surface area contributed by atoms with Gasteiger partial charge in [0.2, 0.25) is 0 Å². The number of amides is 1. The van der Waals surface area contributed by atoms with Crippen LogP contribution >= 0.6 is 0 Å². The molecule has 1 amide bonds. The van der Waals surface area contributed by atoms with Crippen LogP contribution in [0.5, 0.6) is 0 Å². The minimum atomic E-state index is -0.0667. The molecule has 1 aromatic rings. The number of carbonyl (C=O) groups is 1. The molecule has 0 aliphatic carbocycles. The molecule has 3 aliphatic heterocycles. The second-order valence-corrected chi connectivity index (χ2v) is 7.06. The highest BCUT2D eigenvalue weighted by molar-refractivity contribution is 5.78. The average molecular weight is 335 g/mol. The summed E-state index contributed by atoms with van der Waals surface area (Å²) in [6.45, 7) is 7.54. The zero-order valence-electron chi connectivity index (χ0n) is 14.4. The first-order chi connectivity index (χ1) is 11.6. The Hall–Kier alpha value is -1.44. The predicted molar refractivity (Wildman–Crippen MR) is 84.9 cm³/mol. The lowest BCUT2D eigenvalue weighted by Gasteiger charge is -2.40. The first kappa shape index (κ1) is 16.1. The second-order valence-electron chi connectivity index (χ2n) is 7.06. The van der Waals surface area contributed by atoms with Crippen LogP contribution in [0.15, 0.2) is 4.52 Å². The lowest BCUT2D eigenvalue weighted by atomic mass is 9.89. The summed E-state index contributed by atoms with van der Waals surface area (Å²) in [6.07, 6.45) is 2.87. The maximum atomic E-state index is 12.8. The van der Waals surface area contributed by atoms with E-state index in [-0.39, 0.29) is 17.9 Å². The fourth-order valence-electron chi connectivity index (χ4n) is 4.17. The van der Waals surface area contributed by atoms with E-state index in [1.54, 1.807) is 5.06 Å². The quantitative estimate of drug-likeness (QED) is 0.832. The van der Waals surface area contributed by atoms with Gasteiger partial charge in [0.15, 0.2) is 0 Å². The van der Waals surface area contributed by atoms with Crippen LogP contribution in [0.3, 0.4) is 0 Å². The highest BCUT2D eigenvalue weighted by Crippen LogP contribution is 2.34. The van der Waals surface area contributed by atoms with Gasteiger partial charge in [0.25, 0.3) is 5.91 Å². The van der Waals surface area contributed by atoms with E-state index < -0.39 is 0 Å². The van der Waals surface area contributed by atoms with Crippen molar-refractivity contribution in [3.63, 3.8) is 0 Å². The molecule has 24 heavy (non-hydrogen) atoms. The van der Waals surface area contributed by atoms with Crippen LogP contribution in [-0.4, -0.2) is 59.5 Å². The third-order valence-electron chi connectivity index (χ3n) is 5.51. The Morgan fingerprint density at radius 3 is 2.92 bits per heavy atom. The Kier molecular flexibility index (Phi) is 4.32. The van der Waals surface area contributed by atoms with Crippen molar-refractivity contribution in [3.8, 4) is 0 Å². The molecule has 0 aromatic carbocycles. The lowest BCUT2D eigenvalue weighted by Crippen LogP contribution is -2.52. The number of carbonyl (C=O) groups excluding carboxylic acids is 1. The zero-order valence-corrected chi connectivity index (χ0v) is 14.4. The number of hydrogen-bond acceptors (Lipinski definition) is 6. The van der Waals surface area contributed by atoms with Crippen molar-refractivity contribution in [2.24, 2.45) is 5.92 Å². The molecule has 3 fully saturated rings. The van der Waals surface area contributed by atoms with Gasteiger partial charge in [-0.2, -0.15) is 0 Å². The minimum absolute atomic E-state index is 0.0667. The lowest BCUT2D eigenvalue weighted by molar-refractivity contribution is -0.177. The molecule has 132 valence electrons. The van der Waals surface area contributed by atoms with Crippen molar-refractivity contribution in [3.05, 3.63) is 17.0 Å². The van der Waals surface area contributed by atoms with Gasteiger partial charge >= 0.3 is 0 Å². The van der Waals surface area contributed by atoms with Gasteiger partial charge in [0.05, 0.1) is 30.9 Å². The first-order valence-electron chi connectivity index (χ1n) is 8.85. The van der Waals surface area contributed by atoms with E-state index in [0.29, 0.717) is 19.2 Å². The number of aryl methyl sites for hydroxylation is 2. The summed E-state index contributed by atoms with van der Waals surface area (Å²) in [5.41, 5.74) is 2.06. The van der Waals surface area contributed by atoms with Crippen LogP contribution < -0.4 is 0 Å². The molecule has 3 aliphatic rings. The molecule has 7 heteroatoms. The van der Waals surface area contributed by atoms with Gasteiger partial charge in [0.1, 0.15) is 5.76 Å². The summed E-state index contributed by atoms with van der Waals surface area (Å²) in [5, 5.41) is 5.61. The van der Waals surface area contributed by atoms with Crippen molar-refractivity contribution in [1.29, 1.82) is 0 Å². The van der Waals surface area contributed by atoms with E-state index in [9.17, 15) is 4.79 Å². The summed E-state index contributed by atoms with van der Waals surface area (Å²) in [4.78, 5) is 20.6. The van der Waals surface area contributed by atoms with Crippen LogP contribution in [0.4, 0.5) is 0 Å². The number of hydroxylamine groups is 2. The highest BCUT2D eigenvalue weighted by Gasteiger charge is 2.44. The molecular weight excluding hydrogens is 310 g/mol. The highest BCUT2D eigenvalue weighted by atomic mass is 16.7. The maximum Gasteiger partial charge on any atom is 0.250 e. The zero-order chi connectivity index (χ0) is 16.7. The SMILES string of the molecule is Cc1noc(C)c1CN1C[C@H](C(=O)N2CCCO2)C[C@@H]2OCC[C@@H]21. The summed E-state index contributed by atoms with van der Waals surface area (Å²) in [7, 11) is 0. The molecule has 0 radical (unpaired) electrons. The van der Waals surface area contributed by atoms with E-state index in [2.05, 4.69) is 10.1 Å². The topological polar surface area (TPSA) is 68.0 Å². The number of rotatable bonds is 3. The molecule has 1 aromatic heterocycles. The largest absolute Gasteiger partial charge is 0.377 e. The van der Waals surface area contributed by atoms with Gasteiger partial charge < -0.3 is 9.26 Å². The molecule has 3 atom stereocenters. The molecule has 0 bridgehead atoms. The molecule has 0 N–H and O–H groups in total. The summed E-state index contributed by atoms with van der Waals surface area (Å²) in [6, 6.07) is 0.377. The van der Waals surface area contributed by atoms with Crippen LogP contribution in [-0.2, 0) is 20.9 Å². The van der Waals surface area contributed by atoms with E-state index in [1.165, 1.54) is 0 Å². The van der Waals surface area contributed by atoms with Crippen LogP contribution in [0.25, 0.3) is 0 Å². The van der Waals surface area contributed by atoms with Crippen molar-refractivity contribution in [1.82, 2.24) is 15.1 Å². The number of nitrogens with zero attached hydrogens (tertiary/aromatic N) is 3. The molecule has 4 heterocycles. The fraction of sp³-hybridized carbons (Fsp3) is 0.765. The van der Waals surface area contributed by atoms with Gasteiger partial charge in [-0.05, 0) is 33.1 Å². The molecule has 0 unspecified atom stereocenters. The Labute approximate surface area is 141 Å². The standard InChI is InChI=1S/C17H25N3O4/c1-11-14(12(2)24-18-11)10-19-9-13(8-16-15(19)4-7-22-16)17(21)20-5-3-6-23-20/h13,15-16H,3-10H2,1-2H3/t13-,15+,16+/m1/s1. The number of likely N-dealkylation sites (tertiary alicyclic amines) is 1. The molecular formula is C17H25N3O4. The number of fused-ring (bicyclic) bond motifs is 1. The van der Waals surface area contributed by atoms with Gasteiger partial charge in [-0.25, -0.2) is 5.06 Å². The predicted octanol–water partition coefficient (Wildman–Crippen LogP) is 1.43.